The molecule has 0 unspecified atom stereocenters. The first kappa shape index (κ1) is 15.3. The van der Waals surface area contributed by atoms with Crippen molar-refractivity contribution in [2.45, 2.75) is 5.75 Å². The maximum atomic E-state index is 13.4. The Hall–Kier alpha value is -2.08. The van der Waals surface area contributed by atoms with E-state index in [9.17, 15) is 21.6 Å². The number of hydrogen-bond donors (Lipinski definition) is 0. The second kappa shape index (κ2) is 6.13. The van der Waals surface area contributed by atoms with Gasteiger partial charge in [0.1, 0.15) is 17.5 Å². The summed E-state index contributed by atoms with van der Waals surface area (Å²) < 4.78 is 62.5. The Morgan fingerprint density at radius 3 is 2.14 bits per heavy atom. The Morgan fingerprint density at radius 2 is 1.52 bits per heavy atom. The van der Waals surface area contributed by atoms with Crippen LogP contribution in [0, 0.1) is 17.5 Å². The van der Waals surface area contributed by atoms with Crippen molar-refractivity contribution in [3.63, 3.8) is 0 Å². The van der Waals surface area contributed by atoms with Crippen molar-refractivity contribution in [1.29, 1.82) is 0 Å². The summed E-state index contributed by atoms with van der Waals surface area (Å²) in [4.78, 5) is 0. The number of rotatable bonds is 4. The zero-order valence-electron chi connectivity index (χ0n) is 10.8. The topological polar surface area (TPSA) is 34.1 Å². The van der Waals surface area contributed by atoms with E-state index in [1.807, 2.05) is 0 Å². The first-order valence-corrected chi connectivity index (χ1v) is 7.68. The van der Waals surface area contributed by atoms with Gasteiger partial charge in [0.05, 0.1) is 5.75 Å². The van der Waals surface area contributed by atoms with E-state index < -0.39 is 27.3 Å². The van der Waals surface area contributed by atoms with E-state index in [0.29, 0.717) is 11.6 Å². The van der Waals surface area contributed by atoms with Crippen molar-refractivity contribution >= 4 is 15.9 Å². The zero-order chi connectivity index (χ0) is 15.5. The second-order valence-corrected chi connectivity index (χ2v) is 6.29. The van der Waals surface area contributed by atoms with Gasteiger partial charge >= 0.3 is 0 Å². The summed E-state index contributed by atoms with van der Waals surface area (Å²) in [6.45, 7) is 0. The van der Waals surface area contributed by atoms with Crippen molar-refractivity contribution in [2.75, 3.05) is 0 Å². The van der Waals surface area contributed by atoms with E-state index >= 15 is 0 Å². The van der Waals surface area contributed by atoms with Crippen molar-refractivity contribution in [3.8, 4) is 0 Å². The van der Waals surface area contributed by atoms with Crippen LogP contribution < -0.4 is 0 Å². The third-order valence-electron chi connectivity index (χ3n) is 2.70. The first-order chi connectivity index (χ1) is 9.85. The molecule has 0 spiro atoms. The van der Waals surface area contributed by atoms with Crippen molar-refractivity contribution in [2.24, 2.45) is 0 Å². The van der Waals surface area contributed by atoms with Gasteiger partial charge in [0.25, 0.3) is 0 Å². The highest BCUT2D eigenvalue weighted by Gasteiger charge is 2.09. The summed E-state index contributed by atoms with van der Waals surface area (Å²) in [6.07, 6.45) is 1.06. The largest absolute Gasteiger partial charge is 0.224 e. The number of benzene rings is 2. The van der Waals surface area contributed by atoms with Crippen LogP contribution in [0.4, 0.5) is 13.2 Å². The molecule has 2 aromatic rings. The molecule has 0 aliphatic rings. The van der Waals surface area contributed by atoms with Gasteiger partial charge in [-0.2, -0.15) is 0 Å². The van der Waals surface area contributed by atoms with E-state index in [4.69, 9.17) is 0 Å². The van der Waals surface area contributed by atoms with E-state index in [0.717, 1.165) is 35.7 Å². The first-order valence-electron chi connectivity index (χ1n) is 5.96. The lowest BCUT2D eigenvalue weighted by Crippen LogP contribution is -2.00. The highest BCUT2D eigenvalue weighted by molar-refractivity contribution is 7.93. The summed E-state index contributed by atoms with van der Waals surface area (Å²) in [5.74, 6) is -2.37. The number of hydrogen-bond acceptors (Lipinski definition) is 2. The predicted octanol–water partition coefficient (Wildman–Crippen LogP) is 3.69. The van der Waals surface area contributed by atoms with Crippen molar-refractivity contribution in [1.82, 2.24) is 0 Å². The number of halogens is 3. The molecule has 0 N–H and O–H groups in total. The molecule has 6 heteroatoms. The zero-order valence-corrected chi connectivity index (χ0v) is 11.6. The molecule has 0 saturated heterocycles. The molecule has 0 amide bonds. The molecule has 0 bridgehead atoms. The van der Waals surface area contributed by atoms with Crippen LogP contribution in [0.5, 0.6) is 0 Å². The summed E-state index contributed by atoms with van der Waals surface area (Å²) >= 11 is 0. The highest BCUT2D eigenvalue weighted by Crippen LogP contribution is 2.14. The Labute approximate surface area is 120 Å². The van der Waals surface area contributed by atoms with Crippen LogP contribution in [0.15, 0.2) is 47.9 Å². The summed E-state index contributed by atoms with van der Waals surface area (Å²) in [7, 11) is -3.64. The standard InChI is InChI=1S/C15H11F3O2S/c16-13-4-1-11(2-5-13)10-21(19,20)8-7-12-3-6-14(17)9-15(12)18/h1-9H,10H2/b8-7+. The quantitative estimate of drug-likeness (QED) is 0.863. The van der Waals surface area contributed by atoms with Crippen LogP contribution in [0.1, 0.15) is 11.1 Å². The SMILES string of the molecule is O=S(=O)(/C=C/c1ccc(F)cc1F)Cc1ccc(F)cc1. The summed E-state index contributed by atoms with van der Waals surface area (Å²) in [6, 6.07) is 7.90. The molecule has 0 heterocycles. The summed E-state index contributed by atoms with van der Waals surface area (Å²) in [5.41, 5.74) is 0.389. The minimum atomic E-state index is -3.64. The average molecular weight is 312 g/mol. The Kier molecular flexibility index (Phi) is 4.47. The van der Waals surface area contributed by atoms with Gasteiger partial charge in [0.15, 0.2) is 9.84 Å². The smallest absolute Gasteiger partial charge is 0.175 e. The van der Waals surface area contributed by atoms with Crippen LogP contribution in [-0.4, -0.2) is 8.42 Å². The molecule has 110 valence electrons. The van der Waals surface area contributed by atoms with Crippen LogP contribution in [0.3, 0.4) is 0 Å². The van der Waals surface area contributed by atoms with Gasteiger partial charge < -0.3 is 0 Å². The fourth-order valence-electron chi connectivity index (χ4n) is 1.67. The lowest BCUT2D eigenvalue weighted by Gasteiger charge is -2.01. The molecule has 0 fully saturated rings. The fourth-order valence-corrected chi connectivity index (χ4v) is 2.78. The third kappa shape index (κ3) is 4.46. The maximum Gasteiger partial charge on any atom is 0.175 e. The minimum Gasteiger partial charge on any atom is -0.224 e. The van der Waals surface area contributed by atoms with Crippen molar-refractivity contribution in [3.05, 3.63) is 76.5 Å². The van der Waals surface area contributed by atoms with Gasteiger partial charge in [-0.3, -0.25) is 0 Å². The van der Waals surface area contributed by atoms with E-state index in [1.165, 1.54) is 12.1 Å². The molecule has 0 radical (unpaired) electrons. The third-order valence-corrected chi connectivity index (χ3v) is 3.98. The monoisotopic (exact) mass is 312 g/mol. The van der Waals surface area contributed by atoms with Crippen molar-refractivity contribution < 1.29 is 21.6 Å². The molecular formula is C15H11F3O2S. The molecule has 0 aliphatic carbocycles. The Balaban J connectivity index is 2.16. The molecule has 0 aliphatic heterocycles. The van der Waals surface area contributed by atoms with Gasteiger partial charge in [-0.05, 0) is 35.9 Å². The average Bonchev–Trinajstić information content (AvgIpc) is 2.40. The molecule has 0 atom stereocenters. The molecule has 2 nitrogen and oxygen atoms in total. The van der Waals surface area contributed by atoms with Gasteiger partial charge in [0, 0.05) is 17.0 Å². The van der Waals surface area contributed by atoms with E-state index in [2.05, 4.69) is 0 Å². The second-order valence-electron chi connectivity index (χ2n) is 4.40. The van der Waals surface area contributed by atoms with Crippen LogP contribution in [0.2, 0.25) is 0 Å². The van der Waals surface area contributed by atoms with Gasteiger partial charge in [-0.25, -0.2) is 21.6 Å². The molecular weight excluding hydrogens is 301 g/mol. The molecule has 21 heavy (non-hydrogen) atoms. The lowest BCUT2D eigenvalue weighted by molar-refractivity contribution is 0.581. The molecule has 2 rings (SSSR count). The molecule has 0 aromatic heterocycles. The van der Waals surface area contributed by atoms with Gasteiger partial charge in [0.2, 0.25) is 0 Å². The van der Waals surface area contributed by atoms with Gasteiger partial charge in [-0.1, -0.05) is 12.1 Å². The fraction of sp³-hybridized carbons (Fsp3) is 0.0667. The highest BCUT2D eigenvalue weighted by atomic mass is 32.2. The Bertz CT molecular complexity index is 766. The predicted molar refractivity (Wildman–Crippen MR) is 74.4 cm³/mol. The minimum absolute atomic E-state index is 0.0286. The summed E-state index contributed by atoms with van der Waals surface area (Å²) in [5, 5.41) is 0.854. The molecule has 2 aromatic carbocycles. The molecule has 0 saturated carbocycles. The lowest BCUT2D eigenvalue weighted by atomic mass is 10.2. The number of sulfone groups is 1. The van der Waals surface area contributed by atoms with E-state index in [1.54, 1.807) is 0 Å². The normalized spacial score (nSPS) is 12.0. The van der Waals surface area contributed by atoms with Crippen LogP contribution in [0.25, 0.3) is 6.08 Å². The maximum absolute atomic E-state index is 13.4. The van der Waals surface area contributed by atoms with Gasteiger partial charge in [-0.15, -0.1) is 0 Å². The van der Waals surface area contributed by atoms with Crippen LogP contribution >= 0.6 is 0 Å². The van der Waals surface area contributed by atoms with E-state index in [-0.39, 0.29) is 11.3 Å². The van der Waals surface area contributed by atoms with Crippen LogP contribution in [-0.2, 0) is 15.6 Å². The Morgan fingerprint density at radius 1 is 0.905 bits per heavy atom.